The van der Waals surface area contributed by atoms with E-state index in [4.69, 9.17) is 4.74 Å². The van der Waals surface area contributed by atoms with Gasteiger partial charge in [0.05, 0.1) is 6.61 Å². The van der Waals surface area contributed by atoms with Crippen LogP contribution in [0.25, 0.3) is 10.1 Å². The van der Waals surface area contributed by atoms with Crippen LogP contribution in [0.15, 0.2) is 42.5 Å². The van der Waals surface area contributed by atoms with Crippen LogP contribution in [0.3, 0.4) is 0 Å². The maximum atomic E-state index is 11.3. The van der Waals surface area contributed by atoms with Gasteiger partial charge in [-0.15, -0.1) is 11.3 Å². The molecule has 4 rings (SSSR count). The van der Waals surface area contributed by atoms with Crippen LogP contribution in [-0.2, 0) is 24.1 Å². The van der Waals surface area contributed by atoms with E-state index in [0.29, 0.717) is 6.54 Å². The summed E-state index contributed by atoms with van der Waals surface area (Å²) in [5.41, 5.74) is 4.05. The summed E-state index contributed by atoms with van der Waals surface area (Å²) >= 11 is 1.88. The molecule has 26 heavy (non-hydrogen) atoms. The summed E-state index contributed by atoms with van der Waals surface area (Å²) in [6.07, 6.45) is 3.94. The molecule has 1 amide bonds. The Labute approximate surface area is 158 Å². The number of thiophene rings is 1. The summed E-state index contributed by atoms with van der Waals surface area (Å²) < 4.78 is 7.22. The number of carbonyl (C=O) groups excluding carboxylic acids is 1. The molecule has 1 aliphatic rings. The van der Waals surface area contributed by atoms with Crippen molar-refractivity contribution in [1.29, 1.82) is 0 Å². The fourth-order valence-corrected chi connectivity index (χ4v) is 5.04. The summed E-state index contributed by atoms with van der Waals surface area (Å²) in [5, 5.41) is 4.32. The van der Waals surface area contributed by atoms with Crippen LogP contribution in [0.2, 0.25) is 0 Å². The molecule has 3 nitrogen and oxygen atoms in total. The molecule has 4 heteroatoms. The minimum Gasteiger partial charge on any atom is -0.493 e. The number of nitrogens with one attached hydrogen (secondary N) is 1. The van der Waals surface area contributed by atoms with Gasteiger partial charge in [-0.05, 0) is 42.5 Å². The van der Waals surface area contributed by atoms with Gasteiger partial charge in [0.1, 0.15) is 5.75 Å². The minimum atomic E-state index is 0.0273. The number of hydrogen-bond acceptors (Lipinski definition) is 3. The van der Waals surface area contributed by atoms with Crippen molar-refractivity contribution in [1.82, 2.24) is 5.32 Å². The van der Waals surface area contributed by atoms with Crippen molar-refractivity contribution in [3.05, 3.63) is 64.0 Å². The van der Waals surface area contributed by atoms with E-state index < -0.39 is 0 Å². The Bertz CT molecular complexity index is 930. The van der Waals surface area contributed by atoms with Gasteiger partial charge in [0.2, 0.25) is 5.91 Å². The number of rotatable bonds is 5. The number of carbonyl (C=O) groups is 1. The van der Waals surface area contributed by atoms with Crippen molar-refractivity contribution >= 4 is 27.3 Å². The molecule has 1 aliphatic heterocycles. The molecule has 0 aliphatic carbocycles. The summed E-state index contributed by atoms with van der Waals surface area (Å²) in [4.78, 5) is 12.7. The zero-order chi connectivity index (χ0) is 17.9. The predicted octanol–water partition coefficient (Wildman–Crippen LogP) is 4.50. The lowest BCUT2D eigenvalue weighted by atomic mass is 9.95. The van der Waals surface area contributed by atoms with Crippen LogP contribution in [0.4, 0.5) is 0 Å². The second-order valence-corrected chi connectivity index (χ2v) is 7.90. The van der Waals surface area contributed by atoms with E-state index in [1.807, 2.05) is 11.3 Å². The molecule has 2 aromatic carbocycles. The number of hydrogen-bond donors (Lipinski definition) is 1. The molecule has 0 spiro atoms. The number of aryl methyl sites for hydroxylation is 1. The largest absolute Gasteiger partial charge is 0.493 e. The minimum absolute atomic E-state index is 0.0273. The average Bonchev–Trinajstić information content (AvgIpc) is 3.00. The van der Waals surface area contributed by atoms with E-state index >= 15 is 0 Å². The van der Waals surface area contributed by atoms with Gasteiger partial charge in [-0.2, -0.15) is 0 Å². The molecule has 3 aromatic rings. The quantitative estimate of drug-likeness (QED) is 0.723. The number of amides is 1. The molecule has 1 aromatic heterocycles. The Morgan fingerprint density at radius 1 is 1.19 bits per heavy atom. The Morgan fingerprint density at radius 2 is 2.04 bits per heavy atom. The predicted molar refractivity (Wildman–Crippen MR) is 107 cm³/mol. The topological polar surface area (TPSA) is 38.3 Å². The van der Waals surface area contributed by atoms with Crippen molar-refractivity contribution in [2.75, 3.05) is 13.2 Å². The van der Waals surface area contributed by atoms with Crippen LogP contribution < -0.4 is 10.1 Å². The Morgan fingerprint density at radius 3 is 2.85 bits per heavy atom. The zero-order valence-corrected chi connectivity index (χ0v) is 15.8. The summed E-state index contributed by atoms with van der Waals surface area (Å²) in [5.74, 6) is 1.06. The normalized spacial score (nSPS) is 13.3. The molecule has 2 heterocycles. The molecule has 0 radical (unpaired) electrons. The standard InChI is InChI=1S/C22H23NO2S/c1-15(24)23-12-11-18-21(14-16-6-3-2-4-7-16)26-20-10-9-19-17(22(18)20)8-5-13-25-19/h2-4,6-7,9-10H,5,8,11-14H2,1H3,(H,23,24). The fraction of sp³-hybridized carbons (Fsp3) is 0.318. The van der Waals surface area contributed by atoms with Gasteiger partial charge in [-0.25, -0.2) is 0 Å². The smallest absolute Gasteiger partial charge is 0.216 e. The van der Waals surface area contributed by atoms with E-state index in [2.05, 4.69) is 47.8 Å². The molecule has 134 valence electrons. The van der Waals surface area contributed by atoms with E-state index in [1.54, 1.807) is 6.92 Å². The fourth-order valence-electron chi connectivity index (χ4n) is 3.72. The van der Waals surface area contributed by atoms with Crippen LogP contribution in [-0.4, -0.2) is 19.1 Å². The molecular weight excluding hydrogens is 342 g/mol. The van der Waals surface area contributed by atoms with Crippen LogP contribution >= 0.6 is 11.3 Å². The number of ether oxygens (including phenoxy) is 1. The first kappa shape index (κ1) is 17.1. The zero-order valence-electron chi connectivity index (χ0n) is 15.0. The van der Waals surface area contributed by atoms with Crippen molar-refractivity contribution in [2.24, 2.45) is 0 Å². The summed E-state index contributed by atoms with van der Waals surface area (Å²) in [6, 6.07) is 14.9. The maximum absolute atomic E-state index is 11.3. The third kappa shape index (κ3) is 3.47. The highest BCUT2D eigenvalue weighted by Crippen LogP contribution is 2.40. The second-order valence-electron chi connectivity index (χ2n) is 6.77. The first-order valence-electron chi connectivity index (χ1n) is 9.19. The third-order valence-corrected chi connectivity index (χ3v) is 6.09. The van der Waals surface area contributed by atoms with Gasteiger partial charge in [0, 0.05) is 40.4 Å². The van der Waals surface area contributed by atoms with Crippen molar-refractivity contribution < 1.29 is 9.53 Å². The van der Waals surface area contributed by atoms with Gasteiger partial charge in [0.25, 0.3) is 0 Å². The third-order valence-electron chi connectivity index (χ3n) is 4.89. The molecule has 1 N–H and O–H groups in total. The highest BCUT2D eigenvalue weighted by Gasteiger charge is 2.20. The molecule has 0 fully saturated rings. The van der Waals surface area contributed by atoms with Crippen LogP contribution in [0.1, 0.15) is 34.9 Å². The number of benzene rings is 2. The van der Waals surface area contributed by atoms with Gasteiger partial charge in [-0.3, -0.25) is 4.79 Å². The van der Waals surface area contributed by atoms with E-state index in [1.165, 1.54) is 31.7 Å². The first-order chi connectivity index (χ1) is 12.7. The Hall–Kier alpha value is -2.33. The van der Waals surface area contributed by atoms with E-state index in [-0.39, 0.29) is 5.91 Å². The van der Waals surface area contributed by atoms with Gasteiger partial charge >= 0.3 is 0 Å². The van der Waals surface area contributed by atoms with Crippen LogP contribution in [0.5, 0.6) is 5.75 Å². The monoisotopic (exact) mass is 365 g/mol. The van der Waals surface area contributed by atoms with Gasteiger partial charge < -0.3 is 10.1 Å². The molecule has 0 saturated carbocycles. The van der Waals surface area contributed by atoms with Crippen molar-refractivity contribution in [3.8, 4) is 5.75 Å². The highest BCUT2D eigenvalue weighted by molar-refractivity contribution is 7.19. The maximum Gasteiger partial charge on any atom is 0.216 e. The van der Waals surface area contributed by atoms with Crippen molar-refractivity contribution in [3.63, 3.8) is 0 Å². The average molecular weight is 365 g/mol. The Kier molecular flexibility index (Phi) is 4.93. The van der Waals surface area contributed by atoms with Crippen LogP contribution in [0, 0.1) is 0 Å². The molecule has 0 saturated heterocycles. The lowest BCUT2D eigenvalue weighted by molar-refractivity contribution is -0.118. The summed E-state index contributed by atoms with van der Waals surface area (Å²) in [7, 11) is 0. The molecule has 0 unspecified atom stereocenters. The lowest BCUT2D eigenvalue weighted by Crippen LogP contribution is -2.22. The highest BCUT2D eigenvalue weighted by atomic mass is 32.1. The van der Waals surface area contributed by atoms with E-state index in [0.717, 1.165) is 38.0 Å². The SMILES string of the molecule is CC(=O)NCCc1c(Cc2ccccc2)sc2ccc3c(c12)CCCO3. The molecular formula is C22H23NO2S. The molecule has 0 bridgehead atoms. The first-order valence-corrected chi connectivity index (χ1v) is 10.0. The van der Waals surface area contributed by atoms with Gasteiger partial charge in [-0.1, -0.05) is 30.3 Å². The van der Waals surface area contributed by atoms with E-state index in [9.17, 15) is 4.79 Å². The van der Waals surface area contributed by atoms with Crippen molar-refractivity contribution in [2.45, 2.75) is 32.6 Å². The Balaban J connectivity index is 1.77. The lowest BCUT2D eigenvalue weighted by Gasteiger charge is -2.19. The second kappa shape index (κ2) is 7.50. The summed E-state index contributed by atoms with van der Waals surface area (Å²) in [6.45, 7) is 3.06. The number of fused-ring (bicyclic) bond motifs is 3. The molecule has 0 atom stereocenters. The van der Waals surface area contributed by atoms with Gasteiger partial charge in [0.15, 0.2) is 0 Å².